The molecule has 1 aliphatic carbocycles. The van der Waals surface area contributed by atoms with E-state index in [-0.39, 0.29) is 12.1 Å². The van der Waals surface area contributed by atoms with E-state index in [9.17, 15) is 0 Å². The van der Waals surface area contributed by atoms with Gasteiger partial charge in [0, 0.05) is 30.6 Å². The molecule has 1 fully saturated rings. The fourth-order valence-corrected chi connectivity index (χ4v) is 2.37. The zero-order valence-corrected chi connectivity index (χ0v) is 11.2. The minimum atomic E-state index is -0.0104. The van der Waals surface area contributed by atoms with Crippen LogP contribution in [0, 0.1) is 5.92 Å². The number of ether oxygens (including phenoxy) is 1. The molecule has 2 atom stereocenters. The maximum Gasteiger partial charge on any atom is 0.0990 e. The second kappa shape index (κ2) is 6.86. The third kappa shape index (κ3) is 3.53. The lowest BCUT2D eigenvalue weighted by Crippen LogP contribution is -2.30. The Bertz CT molecular complexity index is 338. The first kappa shape index (κ1) is 13.5. The SMILES string of the molecule is CCC(N)C(OCCC1CCC1)c1cccnc1. The number of nitrogens with zero attached hydrogens (tertiary/aromatic N) is 1. The predicted octanol–water partition coefficient (Wildman–Crippen LogP) is 3.07. The molecule has 2 N–H and O–H groups in total. The molecular weight excluding hydrogens is 224 g/mol. The molecule has 0 spiro atoms. The third-order valence-electron chi connectivity index (χ3n) is 3.92. The first-order chi connectivity index (χ1) is 8.81. The molecule has 1 aliphatic rings. The van der Waals surface area contributed by atoms with Crippen molar-refractivity contribution in [3.05, 3.63) is 30.1 Å². The number of pyridine rings is 1. The summed E-state index contributed by atoms with van der Waals surface area (Å²) >= 11 is 0. The Morgan fingerprint density at radius 3 is 2.89 bits per heavy atom. The molecule has 3 heteroatoms. The Morgan fingerprint density at radius 2 is 2.33 bits per heavy atom. The highest BCUT2D eigenvalue weighted by Gasteiger charge is 2.21. The molecule has 1 heterocycles. The van der Waals surface area contributed by atoms with Crippen LogP contribution in [0.25, 0.3) is 0 Å². The van der Waals surface area contributed by atoms with Gasteiger partial charge in [0.05, 0.1) is 6.10 Å². The molecule has 2 unspecified atom stereocenters. The molecule has 0 saturated heterocycles. The van der Waals surface area contributed by atoms with Crippen LogP contribution in [0.2, 0.25) is 0 Å². The van der Waals surface area contributed by atoms with Gasteiger partial charge in [-0.05, 0) is 24.8 Å². The standard InChI is InChI=1S/C15H24N2O/c1-2-14(16)15(13-7-4-9-17-11-13)18-10-8-12-5-3-6-12/h4,7,9,11-12,14-15H,2-3,5-6,8,10,16H2,1H3. The van der Waals surface area contributed by atoms with Gasteiger partial charge >= 0.3 is 0 Å². The molecule has 1 aromatic heterocycles. The summed E-state index contributed by atoms with van der Waals surface area (Å²) in [4.78, 5) is 4.16. The Hall–Kier alpha value is -0.930. The normalized spacial score (nSPS) is 19.2. The topological polar surface area (TPSA) is 48.1 Å². The van der Waals surface area contributed by atoms with Crippen molar-refractivity contribution in [2.75, 3.05) is 6.61 Å². The average Bonchev–Trinajstić information content (AvgIpc) is 2.37. The zero-order chi connectivity index (χ0) is 12.8. The van der Waals surface area contributed by atoms with Gasteiger partial charge in [-0.3, -0.25) is 4.98 Å². The summed E-state index contributed by atoms with van der Waals surface area (Å²) in [5.74, 6) is 0.886. The van der Waals surface area contributed by atoms with Crippen LogP contribution in [-0.2, 0) is 4.74 Å². The highest BCUT2D eigenvalue weighted by Crippen LogP contribution is 2.30. The Kier molecular flexibility index (Phi) is 5.14. The zero-order valence-electron chi connectivity index (χ0n) is 11.2. The van der Waals surface area contributed by atoms with Crippen molar-refractivity contribution in [3.8, 4) is 0 Å². The second-order valence-corrected chi connectivity index (χ2v) is 5.24. The Morgan fingerprint density at radius 1 is 1.50 bits per heavy atom. The van der Waals surface area contributed by atoms with Crippen molar-refractivity contribution < 1.29 is 4.74 Å². The van der Waals surface area contributed by atoms with Crippen LogP contribution in [0.4, 0.5) is 0 Å². The molecule has 0 aliphatic heterocycles. The van der Waals surface area contributed by atoms with Crippen LogP contribution in [-0.4, -0.2) is 17.6 Å². The van der Waals surface area contributed by atoms with Crippen molar-refractivity contribution in [2.45, 2.75) is 51.2 Å². The predicted molar refractivity (Wildman–Crippen MR) is 73.2 cm³/mol. The van der Waals surface area contributed by atoms with Gasteiger partial charge in [0.25, 0.3) is 0 Å². The lowest BCUT2D eigenvalue weighted by molar-refractivity contribution is 0.0201. The molecule has 1 saturated carbocycles. The van der Waals surface area contributed by atoms with Crippen LogP contribution in [0.3, 0.4) is 0 Å². The van der Waals surface area contributed by atoms with E-state index < -0.39 is 0 Å². The van der Waals surface area contributed by atoms with Gasteiger partial charge < -0.3 is 10.5 Å². The van der Waals surface area contributed by atoms with E-state index >= 15 is 0 Å². The van der Waals surface area contributed by atoms with Crippen molar-refractivity contribution >= 4 is 0 Å². The quantitative estimate of drug-likeness (QED) is 0.806. The van der Waals surface area contributed by atoms with Gasteiger partial charge in [-0.25, -0.2) is 0 Å². The lowest BCUT2D eigenvalue weighted by Gasteiger charge is -2.28. The van der Waals surface area contributed by atoms with Crippen molar-refractivity contribution in [1.29, 1.82) is 0 Å². The largest absolute Gasteiger partial charge is 0.372 e. The molecule has 0 aromatic carbocycles. The fourth-order valence-electron chi connectivity index (χ4n) is 2.37. The summed E-state index contributed by atoms with van der Waals surface area (Å²) in [6, 6.07) is 4.05. The average molecular weight is 248 g/mol. The Labute approximate surface area is 110 Å². The molecule has 0 bridgehead atoms. The number of hydrogen-bond donors (Lipinski definition) is 1. The molecular formula is C15H24N2O. The maximum absolute atomic E-state index is 6.16. The summed E-state index contributed by atoms with van der Waals surface area (Å²) in [6.07, 6.45) is 9.88. The summed E-state index contributed by atoms with van der Waals surface area (Å²) < 4.78 is 6.02. The molecule has 100 valence electrons. The fraction of sp³-hybridized carbons (Fsp3) is 0.667. The smallest absolute Gasteiger partial charge is 0.0990 e. The van der Waals surface area contributed by atoms with Crippen LogP contribution >= 0.6 is 0 Å². The van der Waals surface area contributed by atoms with Crippen molar-refractivity contribution in [1.82, 2.24) is 4.98 Å². The number of rotatable bonds is 7. The van der Waals surface area contributed by atoms with Gasteiger partial charge in [0.1, 0.15) is 0 Å². The third-order valence-corrected chi connectivity index (χ3v) is 3.92. The van der Waals surface area contributed by atoms with E-state index in [0.29, 0.717) is 0 Å². The molecule has 18 heavy (non-hydrogen) atoms. The lowest BCUT2D eigenvalue weighted by atomic mass is 9.83. The van der Waals surface area contributed by atoms with E-state index in [0.717, 1.165) is 24.5 Å². The van der Waals surface area contributed by atoms with E-state index in [1.807, 2.05) is 12.3 Å². The van der Waals surface area contributed by atoms with Crippen molar-refractivity contribution in [3.63, 3.8) is 0 Å². The van der Waals surface area contributed by atoms with E-state index in [4.69, 9.17) is 10.5 Å². The number of aromatic nitrogens is 1. The highest BCUT2D eigenvalue weighted by molar-refractivity contribution is 5.14. The highest BCUT2D eigenvalue weighted by atomic mass is 16.5. The van der Waals surface area contributed by atoms with Gasteiger partial charge in [-0.2, -0.15) is 0 Å². The van der Waals surface area contributed by atoms with E-state index in [2.05, 4.69) is 18.0 Å². The summed E-state index contributed by atoms with van der Waals surface area (Å²) in [6.45, 7) is 2.92. The van der Waals surface area contributed by atoms with E-state index in [1.54, 1.807) is 6.20 Å². The van der Waals surface area contributed by atoms with Crippen molar-refractivity contribution in [2.24, 2.45) is 11.7 Å². The number of hydrogen-bond acceptors (Lipinski definition) is 3. The monoisotopic (exact) mass is 248 g/mol. The summed E-state index contributed by atoms with van der Waals surface area (Å²) in [7, 11) is 0. The first-order valence-corrected chi connectivity index (χ1v) is 7.08. The van der Waals surface area contributed by atoms with Crippen LogP contribution in [0.1, 0.15) is 50.7 Å². The summed E-state index contributed by atoms with van der Waals surface area (Å²) in [5, 5.41) is 0. The maximum atomic E-state index is 6.16. The van der Waals surface area contributed by atoms with Gasteiger partial charge in [-0.1, -0.05) is 32.3 Å². The molecule has 0 radical (unpaired) electrons. The van der Waals surface area contributed by atoms with Gasteiger partial charge in [-0.15, -0.1) is 0 Å². The van der Waals surface area contributed by atoms with E-state index in [1.165, 1.54) is 25.7 Å². The second-order valence-electron chi connectivity index (χ2n) is 5.24. The summed E-state index contributed by atoms with van der Waals surface area (Å²) in [5.41, 5.74) is 7.26. The molecule has 3 nitrogen and oxygen atoms in total. The Balaban J connectivity index is 1.88. The van der Waals surface area contributed by atoms with Gasteiger partial charge in [0.2, 0.25) is 0 Å². The molecule has 2 rings (SSSR count). The minimum Gasteiger partial charge on any atom is -0.372 e. The number of nitrogens with two attached hydrogens (primary N) is 1. The van der Waals surface area contributed by atoms with Crippen LogP contribution < -0.4 is 5.73 Å². The minimum absolute atomic E-state index is 0.0104. The van der Waals surface area contributed by atoms with Crippen LogP contribution in [0.15, 0.2) is 24.5 Å². The van der Waals surface area contributed by atoms with Crippen LogP contribution in [0.5, 0.6) is 0 Å². The van der Waals surface area contributed by atoms with Gasteiger partial charge in [0.15, 0.2) is 0 Å². The first-order valence-electron chi connectivity index (χ1n) is 7.08. The molecule has 0 amide bonds. The molecule has 1 aromatic rings.